The van der Waals surface area contributed by atoms with Crippen LogP contribution >= 0.6 is 0 Å². The van der Waals surface area contributed by atoms with Gasteiger partial charge in [-0.15, -0.1) is 0 Å². The molecule has 6 heteroatoms. The first-order valence-electron chi connectivity index (χ1n) is 22.7. The molecule has 0 nitrogen and oxygen atoms in total. The summed E-state index contributed by atoms with van der Waals surface area (Å²) in [5, 5.41) is 0. The summed E-state index contributed by atoms with van der Waals surface area (Å²) in [6.07, 6.45) is -4.61. The maximum absolute atomic E-state index is 12.0. The summed E-state index contributed by atoms with van der Waals surface area (Å²) in [6, 6.07) is 28.7. The number of hydrogen-bond acceptors (Lipinski definition) is 0. The van der Waals surface area contributed by atoms with Gasteiger partial charge in [0.2, 0.25) is 0 Å². The third-order valence-corrected chi connectivity index (χ3v) is 7.79. The Hall–Kier alpha value is -2.76. The fraction of sp³-hybridized carbons (Fsp3) is 0.673. The van der Waals surface area contributed by atoms with E-state index >= 15 is 0 Å². The first-order chi connectivity index (χ1) is 27.4. The van der Waals surface area contributed by atoms with E-state index in [2.05, 4.69) is 158 Å². The van der Waals surface area contributed by atoms with Crippen molar-refractivity contribution in [1.82, 2.24) is 0 Å². The fourth-order valence-corrected chi connectivity index (χ4v) is 5.88. The average Bonchev–Trinajstić information content (AvgIpc) is 3.07. The molecule has 3 aromatic carbocycles. The van der Waals surface area contributed by atoms with Crippen molar-refractivity contribution in [2.45, 2.75) is 209 Å². The van der Waals surface area contributed by atoms with Gasteiger partial charge in [0, 0.05) is 12.8 Å². The van der Waals surface area contributed by atoms with Crippen molar-refractivity contribution < 1.29 is 26.3 Å². The van der Waals surface area contributed by atoms with Crippen molar-refractivity contribution in [2.24, 2.45) is 33.0 Å². The molecule has 0 N–H and O–H groups in total. The highest BCUT2D eigenvalue weighted by atomic mass is 19.4. The molecule has 356 valence electrons. The summed E-state index contributed by atoms with van der Waals surface area (Å²) >= 11 is 0. The molecule has 0 bridgehead atoms. The van der Waals surface area contributed by atoms with E-state index in [1.165, 1.54) is 23.1 Å². The molecule has 0 saturated heterocycles. The molecule has 0 unspecified atom stereocenters. The molecule has 0 saturated carbocycles. The third kappa shape index (κ3) is 55.2. The van der Waals surface area contributed by atoms with Gasteiger partial charge in [-0.25, -0.2) is 0 Å². The summed E-state index contributed by atoms with van der Waals surface area (Å²) in [7, 11) is 0. The van der Waals surface area contributed by atoms with Gasteiger partial charge in [-0.3, -0.25) is 0 Å². The number of halogens is 6. The smallest absolute Gasteiger partial charge is 0.171 e. The van der Waals surface area contributed by atoms with Crippen LogP contribution in [-0.2, 0) is 25.7 Å². The molecule has 0 spiro atoms. The fourth-order valence-electron chi connectivity index (χ4n) is 5.88. The summed E-state index contributed by atoms with van der Waals surface area (Å²) in [6.45, 7) is 44.8. The van der Waals surface area contributed by atoms with Gasteiger partial charge >= 0.3 is 12.4 Å². The Balaban J connectivity index is -0.000000333. The Morgan fingerprint density at radius 2 is 0.623 bits per heavy atom. The van der Waals surface area contributed by atoms with Crippen LogP contribution in [0.2, 0.25) is 0 Å². The highest BCUT2D eigenvalue weighted by molar-refractivity contribution is 5.23. The van der Waals surface area contributed by atoms with Crippen LogP contribution in [0.4, 0.5) is 26.3 Å². The van der Waals surface area contributed by atoms with Crippen LogP contribution in [0.15, 0.2) is 84.9 Å². The number of benzene rings is 3. The quantitative estimate of drug-likeness (QED) is 0.208. The molecule has 61 heavy (non-hydrogen) atoms. The molecular formula is C55H94F6. The maximum Gasteiger partial charge on any atom is 0.389 e. The van der Waals surface area contributed by atoms with Crippen molar-refractivity contribution in [2.75, 3.05) is 0 Å². The Kier molecular flexibility index (Phi) is 33.1. The monoisotopic (exact) mass is 869 g/mol. The van der Waals surface area contributed by atoms with Crippen molar-refractivity contribution in [3.63, 3.8) is 0 Å². The van der Waals surface area contributed by atoms with Crippen LogP contribution in [-0.4, -0.2) is 12.4 Å². The van der Waals surface area contributed by atoms with Gasteiger partial charge in [-0.1, -0.05) is 230 Å². The van der Waals surface area contributed by atoms with Crippen LogP contribution in [0.5, 0.6) is 0 Å². The Bertz CT molecular complexity index is 1330. The molecule has 0 aliphatic heterocycles. The molecule has 0 atom stereocenters. The lowest BCUT2D eigenvalue weighted by Gasteiger charge is -2.19. The van der Waals surface area contributed by atoms with E-state index < -0.39 is 25.2 Å². The zero-order chi connectivity index (χ0) is 48.9. The lowest BCUT2D eigenvalue weighted by atomic mass is 9.86. The highest BCUT2D eigenvalue weighted by Crippen LogP contribution is 2.30. The van der Waals surface area contributed by atoms with Gasteiger partial charge in [-0.05, 0) is 93.8 Å². The predicted molar refractivity (Wildman–Crippen MR) is 260 cm³/mol. The number of alkyl halides is 6. The standard InChI is InChI=1S/C14H19F3.2C11H16.C8H18.C7H13F3.2C2H6/c1-13(2,3)10-12-6-4-11(5-7-12)8-9-14(15,16)17;2*1-11(2,3)9-10-7-5-4-6-8-10;1-7(2)6-8(3,4)5;1-6(2,3)4-5-7(8,9)10;2*1-2/h4-7H,8-10H2,1-3H3;2*4-8H,9H2,1-3H3;7H,6H2,1-5H3;4-5H2,1-3H3;2*1-2H3. The summed E-state index contributed by atoms with van der Waals surface area (Å²) in [5.41, 5.74) is 6.10. The van der Waals surface area contributed by atoms with Gasteiger partial charge < -0.3 is 0 Å². The number of rotatable bonds is 7. The van der Waals surface area contributed by atoms with Crippen molar-refractivity contribution >= 4 is 0 Å². The van der Waals surface area contributed by atoms with Crippen LogP contribution in [0.1, 0.15) is 193 Å². The van der Waals surface area contributed by atoms with E-state index in [1.54, 1.807) is 32.9 Å². The normalized spacial score (nSPS) is 11.9. The van der Waals surface area contributed by atoms with Gasteiger partial charge in [0.1, 0.15) is 0 Å². The average molecular weight is 869 g/mol. The van der Waals surface area contributed by atoms with E-state index in [0.29, 0.717) is 16.2 Å². The highest BCUT2D eigenvalue weighted by Gasteiger charge is 2.29. The topological polar surface area (TPSA) is 0 Å². The van der Waals surface area contributed by atoms with E-state index in [-0.39, 0.29) is 23.7 Å². The van der Waals surface area contributed by atoms with E-state index in [4.69, 9.17) is 0 Å². The van der Waals surface area contributed by atoms with Crippen molar-refractivity contribution in [1.29, 1.82) is 0 Å². The van der Waals surface area contributed by atoms with E-state index in [1.807, 2.05) is 39.8 Å². The molecule has 0 aromatic heterocycles. The molecular weight excluding hydrogens is 775 g/mol. The Morgan fingerprint density at radius 1 is 0.344 bits per heavy atom. The second kappa shape index (κ2) is 31.1. The van der Waals surface area contributed by atoms with E-state index in [0.717, 1.165) is 30.7 Å². The molecule has 3 aromatic rings. The lowest BCUT2D eigenvalue weighted by molar-refractivity contribution is -0.139. The zero-order valence-corrected chi connectivity index (χ0v) is 43.1. The Labute approximate surface area is 374 Å². The van der Waals surface area contributed by atoms with Gasteiger partial charge in [0.05, 0.1) is 0 Å². The maximum atomic E-state index is 12.0. The van der Waals surface area contributed by atoms with Crippen molar-refractivity contribution in [3.8, 4) is 0 Å². The molecule has 0 fully saturated rings. The molecule has 3 rings (SSSR count). The van der Waals surface area contributed by atoms with Gasteiger partial charge in [-0.2, -0.15) is 26.3 Å². The SMILES string of the molecule is CC.CC.CC(C)(C)CCC(F)(F)F.CC(C)(C)Cc1ccc(CCC(F)(F)F)cc1.CC(C)(C)Cc1ccccc1.CC(C)(C)Cc1ccccc1.CC(C)CC(C)(C)C. The number of hydrogen-bond donors (Lipinski definition) is 0. The first kappa shape index (κ1) is 64.9. The summed E-state index contributed by atoms with van der Waals surface area (Å²) in [5.74, 6) is 0.843. The molecule has 0 aliphatic carbocycles. The van der Waals surface area contributed by atoms with Crippen LogP contribution in [0.25, 0.3) is 0 Å². The van der Waals surface area contributed by atoms with Gasteiger partial charge in [0.25, 0.3) is 0 Å². The van der Waals surface area contributed by atoms with E-state index in [9.17, 15) is 26.3 Å². The minimum Gasteiger partial charge on any atom is -0.171 e. The first-order valence-corrected chi connectivity index (χ1v) is 22.7. The summed E-state index contributed by atoms with van der Waals surface area (Å²) in [4.78, 5) is 0. The largest absolute Gasteiger partial charge is 0.389 e. The second-order valence-electron chi connectivity index (χ2n) is 21.9. The molecule has 0 heterocycles. The predicted octanol–water partition coefficient (Wildman–Crippen LogP) is 19.8. The van der Waals surface area contributed by atoms with Crippen LogP contribution in [0.3, 0.4) is 0 Å². The summed E-state index contributed by atoms with van der Waals surface area (Å²) < 4.78 is 70.9. The molecule has 0 radical (unpaired) electrons. The van der Waals surface area contributed by atoms with Crippen LogP contribution < -0.4 is 0 Å². The number of aryl methyl sites for hydroxylation is 1. The zero-order valence-electron chi connectivity index (χ0n) is 43.1. The molecule has 0 aliphatic rings. The lowest BCUT2D eigenvalue weighted by Crippen LogP contribution is -2.13. The Morgan fingerprint density at radius 3 is 0.820 bits per heavy atom. The van der Waals surface area contributed by atoms with Crippen LogP contribution in [0, 0.1) is 33.0 Å². The third-order valence-electron chi connectivity index (χ3n) is 7.79. The minimum absolute atomic E-state index is 0.0687. The molecule has 0 amide bonds. The van der Waals surface area contributed by atoms with Crippen molar-refractivity contribution in [3.05, 3.63) is 107 Å². The van der Waals surface area contributed by atoms with Gasteiger partial charge in [0.15, 0.2) is 0 Å². The second-order valence-corrected chi connectivity index (χ2v) is 21.9. The minimum atomic E-state index is -4.07.